The molecule has 0 radical (unpaired) electrons. The molecule has 164 valence electrons. The van der Waals surface area contributed by atoms with Crippen LogP contribution in [0, 0.1) is 23.7 Å². The van der Waals surface area contributed by atoms with Crippen LogP contribution in [-0.4, -0.2) is 42.2 Å². The van der Waals surface area contributed by atoms with E-state index in [-0.39, 0.29) is 13.0 Å². The van der Waals surface area contributed by atoms with Crippen LogP contribution in [0.4, 0.5) is 0 Å². The van der Waals surface area contributed by atoms with Crippen LogP contribution in [0.15, 0.2) is 48.5 Å². The number of aryl methyl sites for hydroxylation is 1. The highest BCUT2D eigenvalue weighted by Gasteiger charge is 2.43. The Bertz CT molecular complexity index is 1100. The summed E-state index contributed by atoms with van der Waals surface area (Å²) in [6.45, 7) is 1.52. The van der Waals surface area contributed by atoms with Crippen molar-refractivity contribution in [2.75, 3.05) is 12.9 Å². The van der Waals surface area contributed by atoms with Gasteiger partial charge >= 0.3 is 0 Å². The van der Waals surface area contributed by atoms with Gasteiger partial charge in [0, 0.05) is 24.3 Å². The lowest BCUT2D eigenvalue weighted by atomic mass is 9.97. The number of nitrogens with one attached hydrogen (secondary N) is 1. The van der Waals surface area contributed by atoms with Crippen LogP contribution in [0.25, 0.3) is 11.1 Å². The van der Waals surface area contributed by atoms with Crippen LogP contribution in [0.5, 0.6) is 0 Å². The second-order valence-corrected chi connectivity index (χ2v) is 10.7. The molecule has 6 nitrogen and oxygen atoms in total. The van der Waals surface area contributed by atoms with Gasteiger partial charge in [0.05, 0.1) is 0 Å². The number of amides is 1. The highest BCUT2D eigenvalue weighted by molar-refractivity contribution is 7.92. The number of benzene rings is 2. The van der Waals surface area contributed by atoms with E-state index < -0.39 is 20.5 Å². The van der Waals surface area contributed by atoms with Gasteiger partial charge in [-0.25, -0.2) is 13.9 Å². The molecule has 1 amide bonds. The summed E-state index contributed by atoms with van der Waals surface area (Å²) in [5.41, 5.74) is 5.36. The maximum absolute atomic E-state index is 12.1. The van der Waals surface area contributed by atoms with Gasteiger partial charge in [-0.15, -0.1) is 0 Å². The van der Waals surface area contributed by atoms with Crippen molar-refractivity contribution in [3.63, 3.8) is 0 Å². The fraction of sp³-hybridized carbons (Fsp3) is 0.375. The van der Waals surface area contributed by atoms with Gasteiger partial charge in [0.1, 0.15) is 4.75 Å². The average Bonchev–Trinajstić information content (AvgIpc) is 3.54. The smallest absolute Gasteiger partial charge is 0.264 e. The number of aliphatic hydroxyl groups excluding tert-OH is 1. The first kappa shape index (κ1) is 23.0. The number of rotatable bonds is 7. The Kier molecular flexibility index (Phi) is 6.85. The molecule has 3 rings (SSSR count). The molecule has 2 aromatic carbocycles. The normalized spacial score (nSPS) is 19.6. The minimum Gasteiger partial charge on any atom is -0.396 e. The second-order valence-electron chi connectivity index (χ2n) is 8.27. The van der Waals surface area contributed by atoms with Gasteiger partial charge in [0.15, 0.2) is 9.84 Å². The van der Waals surface area contributed by atoms with Gasteiger partial charge in [0.2, 0.25) is 0 Å². The standard InChI is InChI=1S/C24H27NO5S/c1-24(23(27)25-28,31(2,29)30)14-13-18-5-10-20(11-6-18)19-8-3-17(4-9-19)7-12-21-15-22(21)16-26/h3-6,8-11,21-22,26,28H,13-16H2,1-2H3,(H,25,27)/t21?,22-,24?/m1/s1. The van der Waals surface area contributed by atoms with E-state index in [4.69, 9.17) is 10.3 Å². The van der Waals surface area contributed by atoms with Crippen molar-refractivity contribution in [2.24, 2.45) is 11.8 Å². The third-order valence-electron chi connectivity index (χ3n) is 6.02. The van der Waals surface area contributed by atoms with Crippen molar-refractivity contribution < 1.29 is 23.5 Å². The van der Waals surface area contributed by atoms with E-state index >= 15 is 0 Å². The zero-order chi connectivity index (χ0) is 22.6. The fourth-order valence-corrected chi connectivity index (χ4v) is 4.24. The Balaban J connectivity index is 1.65. The molecular formula is C24H27NO5S. The summed E-state index contributed by atoms with van der Waals surface area (Å²) in [5.74, 6) is 6.06. The summed E-state index contributed by atoms with van der Waals surface area (Å²) in [5, 5.41) is 18.0. The first-order chi connectivity index (χ1) is 14.7. The number of hydrogen-bond donors (Lipinski definition) is 3. The lowest BCUT2D eigenvalue weighted by Crippen LogP contribution is -2.49. The van der Waals surface area contributed by atoms with E-state index in [1.165, 1.54) is 12.4 Å². The third-order valence-corrected chi connectivity index (χ3v) is 8.05. The molecule has 1 aliphatic rings. The third kappa shape index (κ3) is 5.34. The van der Waals surface area contributed by atoms with Crippen molar-refractivity contribution in [3.8, 4) is 23.0 Å². The average molecular weight is 442 g/mol. The highest BCUT2D eigenvalue weighted by Crippen LogP contribution is 2.37. The summed E-state index contributed by atoms with van der Waals surface area (Å²) >= 11 is 0. The molecule has 0 saturated heterocycles. The Morgan fingerprint density at radius 2 is 1.71 bits per heavy atom. The summed E-state index contributed by atoms with van der Waals surface area (Å²) in [4.78, 5) is 11.9. The maximum atomic E-state index is 12.1. The van der Waals surface area contributed by atoms with Gasteiger partial charge in [-0.05, 0) is 60.9 Å². The molecule has 1 saturated carbocycles. The minimum absolute atomic E-state index is 0.0586. The lowest BCUT2D eigenvalue weighted by Gasteiger charge is -2.25. The number of hydrogen-bond acceptors (Lipinski definition) is 5. The lowest BCUT2D eigenvalue weighted by molar-refractivity contribution is -0.131. The van der Waals surface area contributed by atoms with E-state index in [0.29, 0.717) is 18.3 Å². The summed E-state index contributed by atoms with van der Waals surface area (Å²) in [7, 11) is -3.71. The number of sulfone groups is 1. The van der Waals surface area contributed by atoms with Gasteiger partial charge < -0.3 is 5.11 Å². The Hall–Kier alpha value is -2.66. The zero-order valence-corrected chi connectivity index (χ0v) is 18.4. The van der Waals surface area contributed by atoms with Crippen molar-refractivity contribution in [2.45, 2.75) is 30.9 Å². The highest BCUT2D eigenvalue weighted by atomic mass is 32.2. The molecule has 3 atom stereocenters. The van der Waals surface area contributed by atoms with E-state index in [9.17, 15) is 13.2 Å². The van der Waals surface area contributed by atoms with E-state index in [0.717, 1.165) is 34.9 Å². The molecule has 1 aliphatic carbocycles. The van der Waals surface area contributed by atoms with Gasteiger partial charge in [-0.2, -0.15) is 0 Å². The number of carbonyl (C=O) groups is 1. The van der Waals surface area contributed by atoms with Crippen molar-refractivity contribution in [1.82, 2.24) is 5.48 Å². The van der Waals surface area contributed by atoms with Crippen molar-refractivity contribution in [3.05, 3.63) is 59.7 Å². The van der Waals surface area contributed by atoms with Crippen LogP contribution in [0.2, 0.25) is 0 Å². The summed E-state index contributed by atoms with van der Waals surface area (Å²) < 4.78 is 22.4. The molecule has 2 unspecified atom stereocenters. The van der Waals surface area contributed by atoms with E-state index in [1.807, 2.05) is 48.5 Å². The maximum Gasteiger partial charge on any atom is 0.264 e. The topological polar surface area (TPSA) is 104 Å². The predicted molar refractivity (Wildman–Crippen MR) is 119 cm³/mol. The first-order valence-corrected chi connectivity index (χ1v) is 12.0. The SMILES string of the molecule is CC(CCc1ccc(-c2ccc(C#CC3C[C@@H]3CO)cc2)cc1)(C(=O)NO)S(C)(=O)=O. The van der Waals surface area contributed by atoms with Crippen molar-refractivity contribution in [1.29, 1.82) is 0 Å². The molecule has 0 heterocycles. The first-order valence-electron chi connectivity index (χ1n) is 10.1. The van der Waals surface area contributed by atoms with Crippen LogP contribution < -0.4 is 5.48 Å². The van der Waals surface area contributed by atoms with Crippen LogP contribution in [0.3, 0.4) is 0 Å². The molecule has 31 heavy (non-hydrogen) atoms. The molecule has 0 aliphatic heterocycles. The number of aliphatic hydroxyl groups is 1. The summed E-state index contributed by atoms with van der Waals surface area (Å²) in [6.07, 6.45) is 2.40. The molecule has 7 heteroatoms. The van der Waals surface area contributed by atoms with Gasteiger partial charge in [-0.3, -0.25) is 10.0 Å². The summed E-state index contributed by atoms with van der Waals surface area (Å²) in [6, 6.07) is 15.7. The van der Waals surface area contributed by atoms with E-state index in [1.54, 1.807) is 0 Å². The molecule has 0 spiro atoms. The Labute approximate surface area is 183 Å². The number of hydroxylamine groups is 1. The van der Waals surface area contributed by atoms with Gasteiger partial charge in [0.25, 0.3) is 5.91 Å². The molecule has 2 aromatic rings. The Morgan fingerprint density at radius 1 is 1.13 bits per heavy atom. The van der Waals surface area contributed by atoms with E-state index in [2.05, 4.69) is 11.8 Å². The van der Waals surface area contributed by atoms with Crippen LogP contribution in [-0.2, 0) is 21.1 Å². The molecule has 0 aromatic heterocycles. The molecule has 3 N–H and O–H groups in total. The van der Waals surface area contributed by atoms with Gasteiger partial charge in [-0.1, -0.05) is 48.2 Å². The van der Waals surface area contributed by atoms with Crippen molar-refractivity contribution >= 4 is 15.7 Å². The molecular weight excluding hydrogens is 414 g/mol. The Morgan fingerprint density at radius 3 is 2.19 bits per heavy atom. The second kappa shape index (κ2) is 9.23. The minimum atomic E-state index is -3.71. The number of carbonyl (C=O) groups excluding carboxylic acids is 1. The fourth-order valence-electron chi connectivity index (χ4n) is 3.38. The van der Waals surface area contributed by atoms with Crippen LogP contribution >= 0.6 is 0 Å². The molecule has 0 bridgehead atoms. The van der Waals surface area contributed by atoms with Crippen LogP contribution in [0.1, 0.15) is 30.9 Å². The zero-order valence-electron chi connectivity index (χ0n) is 17.6. The largest absolute Gasteiger partial charge is 0.396 e. The monoisotopic (exact) mass is 441 g/mol. The molecule has 1 fully saturated rings. The quantitative estimate of drug-likeness (QED) is 0.348. The predicted octanol–water partition coefficient (Wildman–Crippen LogP) is 2.57.